The molecule has 0 fully saturated rings. The monoisotopic (exact) mass is 198 g/mol. The van der Waals surface area contributed by atoms with Gasteiger partial charge in [-0.2, -0.15) is 0 Å². The summed E-state index contributed by atoms with van der Waals surface area (Å²) >= 11 is 5.77. The third-order valence-corrected chi connectivity index (χ3v) is 1.64. The Balaban J connectivity index is 2.64. The van der Waals surface area contributed by atoms with Crippen LogP contribution in [-0.4, -0.2) is 4.92 Å². The van der Waals surface area contributed by atoms with Gasteiger partial charge < -0.3 is 5.32 Å². The van der Waals surface area contributed by atoms with E-state index in [-0.39, 0.29) is 0 Å². The first-order chi connectivity index (χ1) is 6.20. The number of nitrogens with one attached hydrogen (secondary N) is 1. The molecule has 4 nitrogen and oxygen atoms in total. The summed E-state index contributed by atoms with van der Waals surface area (Å²) in [6.07, 6.45) is 2.03. The average molecular weight is 199 g/mol. The molecule has 0 unspecified atom stereocenters. The summed E-state index contributed by atoms with van der Waals surface area (Å²) in [7, 11) is 0. The number of hydrogen-bond acceptors (Lipinski definition) is 3. The number of hydrogen-bond donors (Lipinski definition) is 1. The highest BCUT2D eigenvalue weighted by molar-refractivity contribution is 6.33. The maximum atomic E-state index is 9.92. The van der Waals surface area contributed by atoms with Gasteiger partial charge in [0.15, 0.2) is 0 Å². The third-order valence-electron chi connectivity index (χ3n) is 1.31. The molecule has 1 aromatic rings. The molecule has 0 amide bonds. The third kappa shape index (κ3) is 3.13. The standard InChI is InChI=1S/C8H7ClN2O2/c9-7-3-1-2-4-8(7)10-5-6-11(12)13/h1-6,10H/b6-5+. The first-order valence-corrected chi connectivity index (χ1v) is 3.89. The zero-order valence-corrected chi connectivity index (χ0v) is 7.36. The van der Waals surface area contributed by atoms with E-state index in [9.17, 15) is 10.1 Å². The molecule has 0 bridgehead atoms. The molecular formula is C8H7ClN2O2. The van der Waals surface area contributed by atoms with Crippen molar-refractivity contribution in [1.29, 1.82) is 0 Å². The highest BCUT2D eigenvalue weighted by Gasteiger charge is 1.94. The van der Waals surface area contributed by atoms with E-state index in [1.807, 2.05) is 0 Å². The zero-order valence-electron chi connectivity index (χ0n) is 6.61. The van der Waals surface area contributed by atoms with Crippen LogP contribution in [0.3, 0.4) is 0 Å². The minimum atomic E-state index is -0.552. The number of halogens is 1. The van der Waals surface area contributed by atoms with E-state index in [2.05, 4.69) is 5.32 Å². The SMILES string of the molecule is O=[N+]([O-])/C=C/Nc1ccccc1Cl. The van der Waals surface area contributed by atoms with Crippen LogP contribution in [0.1, 0.15) is 0 Å². The molecule has 0 radical (unpaired) electrons. The van der Waals surface area contributed by atoms with Gasteiger partial charge in [-0.05, 0) is 12.1 Å². The van der Waals surface area contributed by atoms with Crippen LogP contribution in [0, 0.1) is 10.1 Å². The van der Waals surface area contributed by atoms with Crippen LogP contribution in [-0.2, 0) is 0 Å². The largest absolute Gasteiger partial charge is 0.355 e. The average Bonchev–Trinajstić information content (AvgIpc) is 2.08. The van der Waals surface area contributed by atoms with Crippen LogP contribution in [0.15, 0.2) is 36.7 Å². The molecule has 0 aliphatic carbocycles. The molecule has 0 heterocycles. The Morgan fingerprint density at radius 1 is 1.46 bits per heavy atom. The Labute approximate surface area is 80.0 Å². The Morgan fingerprint density at radius 3 is 2.77 bits per heavy atom. The molecular weight excluding hydrogens is 192 g/mol. The summed E-state index contributed by atoms with van der Waals surface area (Å²) in [5.41, 5.74) is 0.641. The van der Waals surface area contributed by atoms with E-state index in [0.29, 0.717) is 10.7 Å². The van der Waals surface area contributed by atoms with Gasteiger partial charge in [-0.1, -0.05) is 23.7 Å². The van der Waals surface area contributed by atoms with Crippen LogP contribution >= 0.6 is 11.6 Å². The number of nitrogens with zero attached hydrogens (tertiary/aromatic N) is 1. The molecule has 0 aliphatic rings. The molecule has 5 heteroatoms. The van der Waals surface area contributed by atoms with Gasteiger partial charge in [0.05, 0.1) is 21.8 Å². The number of benzene rings is 1. The zero-order chi connectivity index (χ0) is 9.68. The minimum Gasteiger partial charge on any atom is -0.355 e. The first-order valence-electron chi connectivity index (χ1n) is 3.51. The predicted octanol–water partition coefficient (Wildman–Crippen LogP) is 2.50. The van der Waals surface area contributed by atoms with Crippen molar-refractivity contribution in [1.82, 2.24) is 0 Å². The number of anilines is 1. The van der Waals surface area contributed by atoms with Crippen LogP contribution in [0.4, 0.5) is 5.69 Å². The van der Waals surface area contributed by atoms with Crippen LogP contribution in [0.2, 0.25) is 5.02 Å². The Morgan fingerprint density at radius 2 is 2.15 bits per heavy atom. The maximum absolute atomic E-state index is 9.92. The van der Waals surface area contributed by atoms with E-state index in [1.54, 1.807) is 24.3 Å². The lowest BCUT2D eigenvalue weighted by molar-refractivity contribution is -0.402. The summed E-state index contributed by atoms with van der Waals surface area (Å²) in [5.74, 6) is 0. The first kappa shape index (κ1) is 9.54. The lowest BCUT2D eigenvalue weighted by atomic mass is 10.3. The molecule has 1 N–H and O–H groups in total. The fourth-order valence-electron chi connectivity index (χ4n) is 0.766. The number of para-hydroxylation sites is 1. The summed E-state index contributed by atoms with van der Waals surface area (Å²) in [4.78, 5) is 9.37. The summed E-state index contributed by atoms with van der Waals surface area (Å²) in [6, 6.07) is 7.00. The molecule has 1 rings (SSSR count). The topological polar surface area (TPSA) is 55.2 Å². The van der Waals surface area contributed by atoms with Crippen molar-refractivity contribution in [3.63, 3.8) is 0 Å². The van der Waals surface area contributed by atoms with Crippen molar-refractivity contribution in [2.45, 2.75) is 0 Å². The highest BCUT2D eigenvalue weighted by Crippen LogP contribution is 2.19. The molecule has 0 aromatic heterocycles. The molecule has 1 aromatic carbocycles. The second-order valence-corrected chi connectivity index (χ2v) is 2.63. The van der Waals surface area contributed by atoms with E-state index in [1.165, 1.54) is 6.20 Å². The Kier molecular flexibility index (Phi) is 3.28. The van der Waals surface area contributed by atoms with Gasteiger partial charge >= 0.3 is 0 Å². The predicted molar refractivity (Wildman–Crippen MR) is 51.2 cm³/mol. The quantitative estimate of drug-likeness (QED) is 0.600. The van der Waals surface area contributed by atoms with Crippen molar-refractivity contribution in [3.8, 4) is 0 Å². The van der Waals surface area contributed by atoms with Gasteiger partial charge in [-0.3, -0.25) is 10.1 Å². The molecule has 13 heavy (non-hydrogen) atoms. The number of nitro groups is 1. The second-order valence-electron chi connectivity index (χ2n) is 2.23. The van der Waals surface area contributed by atoms with Gasteiger partial charge in [0.1, 0.15) is 0 Å². The number of rotatable bonds is 3. The van der Waals surface area contributed by atoms with Crippen LogP contribution < -0.4 is 5.32 Å². The van der Waals surface area contributed by atoms with E-state index >= 15 is 0 Å². The van der Waals surface area contributed by atoms with Gasteiger partial charge in [0.2, 0.25) is 6.20 Å². The molecule has 68 valence electrons. The fourth-order valence-corrected chi connectivity index (χ4v) is 0.956. The summed E-state index contributed by atoms with van der Waals surface area (Å²) in [6.45, 7) is 0. The lowest BCUT2D eigenvalue weighted by Gasteiger charge is -2.00. The smallest absolute Gasteiger partial charge is 0.250 e. The normalized spacial score (nSPS) is 10.2. The van der Waals surface area contributed by atoms with E-state index < -0.39 is 4.92 Å². The van der Waals surface area contributed by atoms with Crippen molar-refractivity contribution in [2.75, 3.05) is 5.32 Å². The van der Waals surface area contributed by atoms with E-state index in [4.69, 9.17) is 11.6 Å². The molecule has 0 saturated heterocycles. The summed E-state index contributed by atoms with van der Waals surface area (Å²) < 4.78 is 0. The molecule has 0 spiro atoms. The van der Waals surface area contributed by atoms with Gasteiger partial charge in [-0.15, -0.1) is 0 Å². The summed E-state index contributed by atoms with van der Waals surface area (Å²) in [5, 5.41) is 13.1. The van der Waals surface area contributed by atoms with Gasteiger partial charge in [-0.25, -0.2) is 0 Å². The molecule has 0 atom stereocenters. The Hall–Kier alpha value is -1.55. The van der Waals surface area contributed by atoms with Crippen molar-refractivity contribution in [3.05, 3.63) is 51.8 Å². The second kappa shape index (κ2) is 4.47. The highest BCUT2D eigenvalue weighted by atomic mass is 35.5. The van der Waals surface area contributed by atoms with Crippen molar-refractivity contribution >= 4 is 17.3 Å². The lowest BCUT2D eigenvalue weighted by Crippen LogP contribution is -1.91. The maximum Gasteiger partial charge on any atom is 0.250 e. The van der Waals surface area contributed by atoms with Gasteiger partial charge in [0, 0.05) is 0 Å². The fraction of sp³-hybridized carbons (Fsp3) is 0. The van der Waals surface area contributed by atoms with Gasteiger partial charge in [0.25, 0.3) is 0 Å². The van der Waals surface area contributed by atoms with Crippen LogP contribution in [0.5, 0.6) is 0 Å². The molecule has 0 saturated carbocycles. The van der Waals surface area contributed by atoms with Crippen molar-refractivity contribution < 1.29 is 4.92 Å². The van der Waals surface area contributed by atoms with Crippen LogP contribution in [0.25, 0.3) is 0 Å². The minimum absolute atomic E-state index is 0.524. The van der Waals surface area contributed by atoms with E-state index in [0.717, 1.165) is 6.20 Å². The molecule has 0 aliphatic heterocycles. The Bertz CT molecular complexity index is 339. The van der Waals surface area contributed by atoms with Crippen molar-refractivity contribution in [2.24, 2.45) is 0 Å².